The second-order valence-corrected chi connectivity index (χ2v) is 3.72. The van der Waals surface area contributed by atoms with E-state index in [1.165, 1.54) is 6.20 Å². The summed E-state index contributed by atoms with van der Waals surface area (Å²) >= 11 is 0. The van der Waals surface area contributed by atoms with Gasteiger partial charge in [-0.3, -0.25) is 9.78 Å². The Hall–Kier alpha value is -2.36. The van der Waals surface area contributed by atoms with E-state index in [1.54, 1.807) is 36.5 Å². The Morgan fingerprint density at radius 3 is 2.88 bits per heavy atom. The second kappa shape index (κ2) is 4.65. The van der Waals surface area contributed by atoms with Gasteiger partial charge in [0, 0.05) is 12.4 Å². The Labute approximate surface area is 98.9 Å². The molecule has 0 aliphatic carbocycles. The zero-order valence-corrected chi connectivity index (χ0v) is 9.34. The third-order valence-corrected chi connectivity index (χ3v) is 2.32. The number of hydrogen-bond donors (Lipinski definition) is 2. The van der Waals surface area contributed by atoms with Gasteiger partial charge in [-0.15, -0.1) is 0 Å². The first kappa shape index (κ1) is 11.1. The van der Waals surface area contributed by atoms with Crippen LogP contribution in [0, 0.1) is 6.92 Å². The van der Waals surface area contributed by atoms with Crippen LogP contribution in [0.2, 0.25) is 0 Å². The lowest BCUT2D eigenvalue weighted by molar-refractivity contribution is 0.102. The van der Waals surface area contributed by atoms with Crippen molar-refractivity contribution in [2.45, 2.75) is 6.92 Å². The molecular weight excluding hydrogens is 216 g/mol. The molecule has 86 valence electrons. The van der Waals surface area contributed by atoms with Gasteiger partial charge in [0.15, 0.2) is 0 Å². The number of phenols is 1. The maximum atomic E-state index is 11.8. The van der Waals surface area contributed by atoms with Crippen molar-refractivity contribution in [2.75, 3.05) is 5.32 Å². The van der Waals surface area contributed by atoms with Gasteiger partial charge in [0.1, 0.15) is 5.75 Å². The van der Waals surface area contributed by atoms with Gasteiger partial charge in [0.05, 0.1) is 11.3 Å². The molecular formula is C13H12N2O2. The van der Waals surface area contributed by atoms with Crippen LogP contribution in [-0.2, 0) is 0 Å². The average Bonchev–Trinajstić information content (AvgIpc) is 2.35. The fraction of sp³-hybridized carbons (Fsp3) is 0.0769. The largest absolute Gasteiger partial charge is 0.506 e. The molecule has 2 aromatic rings. The van der Waals surface area contributed by atoms with Gasteiger partial charge in [-0.05, 0) is 36.8 Å². The Balaban J connectivity index is 2.22. The van der Waals surface area contributed by atoms with Crippen LogP contribution in [0.1, 0.15) is 15.9 Å². The number of pyridine rings is 1. The molecule has 0 saturated heterocycles. The molecule has 0 fully saturated rings. The van der Waals surface area contributed by atoms with E-state index in [9.17, 15) is 9.90 Å². The molecule has 0 radical (unpaired) electrons. The van der Waals surface area contributed by atoms with Crippen molar-refractivity contribution in [3.05, 3.63) is 53.9 Å². The van der Waals surface area contributed by atoms with Gasteiger partial charge in [0.2, 0.25) is 0 Å². The van der Waals surface area contributed by atoms with E-state index in [1.807, 2.05) is 6.92 Å². The summed E-state index contributed by atoms with van der Waals surface area (Å²) in [5.74, 6) is -0.244. The number of rotatable bonds is 2. The number of hydrogen-bond acceptors (Lipinski definition) is 3. The highest BCUT2D eigenvalue weighted by Crippen LogP contribution is 2.24. The van der Waals surface area contributed by atoms with E-state index < -0.39 is 0 Å². The number of aryl methyl sites for hydroxylation is 1. The Kier molecular flexibility index (Phi) is 3.05. The van der Waals surface area contributed by atoms with Crippen molar-refractivity contribution < 1.29 is 9.90 Å². The minimum absolute atomic E-state index is 0.0489. The van der Waals surface area contributed by atoms with Gasteiger partial charge in [-0.2, -0.15) is 0 Å². The molecule has 2 N–H and O–H groups in total. The first-order valence-electron chi connectivity index (χ1n) is 5.18. The van der Waals surface area contributed by atoms with Crippen LogP contribution in [0.4, 0.5) is 5.69 Å². The lowest BCUT2D eigenvalue weighted by Crippen LogP contribution is -2.12. The normalized spacial score (nSPS) is 9.94. The van der Waals surface area contributed by atoms with Crippen molar-refractivity contribution in [2.24, 2.45) is 0 Å². The lowest BCUT2D eigenvalue weighted by Gasteiger charge is -2.07. The number of phenolic OH excluding ortho intramolecular Hbond substituents is 1. The number of nitrogens with one attached hydrogen (secondary N) is 1. The average molecular weight is 228 g/mol. The van der Waals surface area contributed by atoms with Gasteiger partial charge >= 0.3 is 0 Å². The SMILES string of the molecule is Cc1ccc(O)c(NC(=O)c2cccnc2)c1. The van der Waals surface area contributed by atoms with Gasteiger partial charge in [-0.1, -0.05) is 6.07 Å². The van der Waals surface area contributed by atoms with Crippen LogP contribution in [0.15, 0.2) is 42.7 Å². The van der Waals surface area contributed by atoms with Gasteiger partial charge in [0.25, 0.3) is 5.91 Å². The van der Waals surface area contributed by atoms with E-state index >= 15 is 0 Å². The van der Waals surface area contributed by atoms with E-state index in [0.29, 0.717) is 11.3 Å². The highest BCUT2D eigenvalue weighted by molar-refractivity contribution is 6.04. The number of carbonyl (C=O) groups is 1. The van der Waals surface area contributed by atoms with Crippen LogP contribution >= 0.6 is 0 Å². The molecule has 0 unspecified atom stereocenters. The number of aromatic nitrogens is 1. The van der Waals surface area contributed by atoms with Crippen LogP contribution < -0.4 is 5.32 Å². The summed E-state index contributed by atoms with van der Waals surface area (Å²) in [6, 6.07) is 8.38. The van der Waals surface area contributed by atoms with Crippen LogP contribution in [0.25, 0.3) is 0 Å². The zero-order chi connectivity index (χ0) is 12.3. The number of nitrogens with zero attached hydrogens (tertiary/aromatic N) is 1. The molecule has 0 bridgehead atoms. The van der Waals surface area contributed by atoms with Crippen molar-refractivity contribution in [3.63, 3.8) is 0 Å². The first-order chi connectivity index (χ1) is 8.16. The van der Waals surface area contributed by atoms with Crippen molar-refractivity contribution in [1.29, 1.82) is 0 Å². The molecule has 0 saturated carbocycles. The lowest BCUT2D eigenvalue weighted by atomic mass is 10.2. The maximum Gasteiger partial charge on any atom is 0.257 e. The van der Waals surface area contributed by atoms with E-state index in [2.05, 4.69) is 10.3 Å². The minimum Gasteiger partial charge on any atom is -0.506 e. The smallest absolute Gasteiger partial charge is 0.257 e. The Morgan fingerprint density at radius 2 is 2.18 bits per heavy atom. The number of amides is 1. The number of carbonyl (C=O) groups excluding carboxylic acids is 1. The highest BCUT2D eigenvalue weighted by Gasteiger charge is 2.08. The monoisotopic (exact) mass is 228 g/mol. The topological polar surface area (TPSA) is 62.2 Å². The van der Waals surface area contributed by atoms with Gasteiger partial charge < -0.3 is 10.4 Å². The summed E-state index contributed by atoms with van der Waals surface area (Å²) in [5.41, 5.74) is 1.82. The molecule has 4 nitrogen and oxygen atoms in total. The fourth-order valence-corrected chi connectivity index (χ4v) is 1.44. The predicted octanol–water partition coefficient (Wildman–Crippen LogP) is 2.35. The zero-order valence-electron chi connectivity index (χ0n) is 9.34. The van der Waals surface area contributed by atoms with Crippen LogP contribution in [0.3, 0.4) is 0 Å². The molecule has 17 heavy (non-hydrogen) atoms. The summed E-state index contributed by atoms with van der Waals surface area (Å²) < 4.78 is 0. The fourth-order valence-electron chi connectivity index (χ4n) is 1.44. The summed E-state index contributed by atoms with van der Waals surface area (Å²) in [6.07, 6.45) is 3.07. The third-order valence-electron chi connectivity index (χ3n) is 2.32. The number of benzene rings is 1. The molecule has 4 heteroatoms. The number of aromatic hydroxyl groups is 1. The van der Waals surface area contributed by atoms with Crippen LogP contribution in [0.5, 0.6) is 5.75 Å². The van der Waals surface area contributed by atoms with E-state index in [4.69, 9.17) is 0 Å². The quantitative estimate of drug-likeness (QED) is 0.775. The predicted molar refractivity (Wildman–Crippen MR) is 65.0 cm³/mol. The van der Waals surface area contributed by atoms with Crippen molar-refractivity contribution in [1.82, 2.24) is 4.98 Å². The van der Waals surface area contributed by atoms with Crippen molar-refractivity contribution in [3.8, 4) is 5.75 Å². The summed E-state index contributed by atoms with van der Waals surface area (Å²) in [5, 5.41) is 12.2. The summed E-state index contributed by atoms with van der Waals surface area (Å²) in [6.45, 7) is 1.89. The van der Waals surface area contributed by atoms with Crippen molar-refractivity contribution >= 4 is 11.6 Å². The van der Waals surface area contributed by atoms with Gasteiger partial charge in [-0.25, -0.2) is 0 Å². The highest BCUT2D eigenvalue weighted by atomic mass is 16.3. The molecule has 2 rings (SSSR count). The molecule has 0 aliphatic heterocycles. The number of anilines is 1. The van der Waals surface area contributed by atoms with Crippen LogP contribution in [-0.4, -0.2) is 16.0 Å². The molecule has 1 aromatic carbocycles. The maximum absolute atomic E-state index is 11.8. The molecule has 0 aliphatic rings. The second-order valence-electron chi connectivity index (χ2n) is 3.72. The molecule has 0 spiro atoms. The molecule has 0 atom stereocenters. The standard InChI is InChI=1S/C13H12N2O2/c1-9-4-5-12(16)11(7-9)15-13(17)10-3-2-6-14-8-10/h2-8,16H,1H3,(H,15,17). The molecule has 1 amide bonds. The third kappa shape index (κ3) is 2.60. The minimum atomic E-state index is -0.293. The molecule has 1 heterocycles. The summed E-state index contributed by atoms with van der Waals surface area (Å²) in [7, 11) is 0. The molecule has 1 aromatic heterocycles. The van der Waals surface area contributed by atoms with E-state index in [0.717, 1.165) is 5.56 Å². The Bertz CT molecular complexity index is 538. The first-order valence-corrected chi connectivity index (χ1v) is 5.18. The van der Waals surface area contributed by atoms with E-state index in [-0.39, 0.29) is 11.7 Å². The summed E-state index contributed by atoms with van der Waals surface area (Å²) in [4.78, 5) is 15.7. The Morgan fingerprint density at radius 1 is 1.35 bits per heavy atom.